The first kappa shape index (κ1) is 26.1. The Bertz CT molecular complexity index is 1150. The first-order valence-corrected chi connectivity index (χ1v) is 10.6. The van der Waals surface area contributed by atoms with E-state index in [0.717, 1.165) is 12.1 Å². The van der Waals surface area contributed by atoms with Crippen molar-refractivity contribution in [1.29, 1.82) is 0 Å². The van der Waals surface area contributed by atoms with Crippen LogP contribution in [0.25, 0.3) is 0 Å². The highest BCUT2D eigenvalue weighted by atomic mass is 19.3. The summed E-state index contributed by atoms with van der Waals surface area (Å²) in [4.78, 5) is 13.6. The Balaban J connectivity index is 1.95. The minimum Gasteiger partial charge on any atom is -0.409 e. The van der Waals surface area contributed by atoms with Crippen LogP contribution >= 0.6 is 0 Å². The van der Waals surface area contributed by atoms with Gasteiger partial charge in [-0.05, 0) is 47.2 Å². The van der Waals surface area contributed by atoms with E-state index in [4.69, 9.17) is 0 Å². The Morgan fingerprint density at radius 1 is 0.639 bits per heavy atom. The molecule has 2 heterocycles. The minimum absolute atomic E-state index is 0.420. The quantitative estimate of drug-likeness (QED) is 0.312. The molecule has 5 nitrogen and oxygen atoms in total. The van der Waals surface area contributed by atoms with Gasteiger partial charge < -0.3 is 9.47 Å². The molecule has 0 spiro atoms. The van der Waals surface area contributed by atoms with Crippen LogP contribution in [0.1, 0.15) is 77.7 Å². The van der Waals surface area contributed by atoms with Crippen molar-refractivity contribution in [3.63, 3.8) is 0 Å². The number of halogens is 8. The molecule has 0 amide bonds. The second-order valence-electron chi connectivity index (χ2n) is 8.81. The third-order valence-corrected chi connectivity index (χ3v) is 5.59. The molecule has 0 aromatic heterocycles. The average Bonchev–Trinajstić information content (AvgIpc) is 2.68. The highest BCUT2D eigenvalue weighted by molar-refractivity contribution is 6.11. The van der Waals surface area contributed by atoms with Crippen LogP contribution < -0.4 is 9.47 Å². The van der Waals surface area contributed by atoms with E-state index in [1.54, 1.807) is 0 Å². The number of carbonyl (C=O) groups excluding carboxylic acids is 1. The van der Waals surface area contributed by atoms with Gasteiger partial charge in [-0.2, -0.15) is 17.6 Å². The molecule has 36 heavy (non-hydrogen) atoms. The largest absolute Gasteiger partial charge is 0.540 e. The zero-order chi connectivity index (χ0) is 27.0. The van der Waals surface area contributed by atoms with Crippen molar-refractivity contribution in [2.75, 3.05) is 0 Å². The molecule has 0 unspecified atom stereocenters. The highest BCUT2D eigenvalue weighted by Crippen LogP contribution is 2.52. The molecule has 2 aliphatic heterocycles. The van der Waals surface area contributed by atoms with Crippen LogP contribution in [0.4, 0.5) is 35.1 Å². The molecule has 2 aromatic rings. The second-order valence-corrected chi connectivity index (χ2v) is 8.81. The summed E-state index contributed by atoms with van der Waals surface area (Å²) >= 11 is 0. The van der Waals surface area contributed by atoms with Gasteiger partial charge in [0.15, 0.2) is 5.78 Å². The number of hydrogen-bond acceptors (Lipinski definition) is 5. The maximum Gasteiger partial charge on any atom is 0.540 e. The Morgan fingerprint density at radius 2 is 0.972 bits per heavy atom. The lowest BCUT2D eigenvalue weighted by Crippen LogP contribution is -2.42. The predicted molar refractivity (Wildman–Crippen MR) is 106 cm³/mol. The standard InChI is InChI=1S/C23H18F8O5/c1-9(2)15-11(5-7-13-17(15)20(24,25)35-22(28,29)33-13)19(32)12-6-8-14-18(16(12)10(3)4)21(26,27)36-23(30,31)34-14/h5-10H,1-4H3. The number of fused-ring (bicyclic) bond motifs is 2. The third kappa shape index (κ3) is 4.27. The number of rotatable bonds is 4. The molecule has 0 aliphatic carbocycles. The van der Waals surface area contributed by atoms with Crippen LogP contribution in [0.15, 0.2) is 24.3 Å². The van der Waals surface area contributed by atoms with E-state index in [1.165, 1.54) is 27.7 Å². The Hall–Kier alpha value is -2.93. The first-order chi connectivity index (χ1) is 16.4. The van der Waals surface area contributed by atoms with Crippen molar-refractivity contribution < 1.29 is 58.9 Å². The van der Waals surface area contributed by atoms with E-state index in [2.05, 4.69) is 18.9 Å². The first-order valence-electron chi connectivity index (χ1n) is 10.6. The summed E-state index contributed by atoms with van der Waals surface area (Å²) in [7, 11) is 0. The average molecular weight is 526 g/mol. The normalized spacial score (nSPS) is 20.8. The number of carbonyl (C=O) groups is 1. The van der Waals surface area contributed by atoms with Gasteiger partial charge in [-0.25, -0.2) is 9.47 Å². The molecule has 0 atom stereocenters. The molecule has 2 aliphatic rings. The van der Waals surface area contributed by atoms with Crippen LogP contribution in [0.3, 0.4) is 0 Å². The van der Waals surface area contributed by atoms with E-state index in [0.29, 0.717) is 12.1 Å². The molecule has 0 saturated carbocycles. The Morgan fingerprint density at radius 3 is 1.28 bits per heavy atom. The number of hydrogen-bond donors (Lipinski definition) is 0. The lowest BCUT2D eigenvalue weighted by molar-refractivity contribution is -0.462. The Labute approximate surface area is 198 Å². The summed E-state index contributed by atoms with van der Waals surface area (Å²) in [5.41, 5.74) is -3.94. The molecule has 0 radical (unpaired) electrons. The van der Waals surface area contributed by atoms with Crippen LogP contribution in [0.5, 0.6) is 11.5 Å². The summed E-state index contributed by atoms with van der Waals surface area (Å²) < 4.78 is 128. The fourth-order valence-corrected chi connectivity index (χ4v) is 4.41. The van der Waals surface area contributed by atoms with Crippen LogP contribution in [-0.2, 0) is 21.7 Å². The van der Waals surface area contributed by atoms with Crippen molar-refractivity contribution in [1.82, 2.24) is 0 Å². The number of ketones is 1. The summed E-state index contributed by atoms with van der Waals surface area (Å²) in [5.74, 6) is -4.66. The van der Waals surface area contributed by atoms with Gasteiger partial charge in [0.2, 0.25) is 0 Å². The summed E-state index contributed by atoms with van der Waals surface area (Å²) in [6.45, 7) is 5.57. The van der Waals surface area contributed by atoms with Crippen molar-refractivity contribution in [3.05, 3.63) is 57.6 Å². The maximum absolute atomic E-state index is 14.7. The van der Waals surface area contributed by atoms with E-state index in [9.17, 15) is 39.9 Å². The molecular formula is C23H18F8O5. The summed E-state index contributed by atoms with van der Waals surface area (Å²) in [6, 6.07) is 3.31. The van der Waals surface area contributed by atoms with Crippen LogP contribution in [-0.4, -0.2) is 18.4 Å². The smallest absolute Gasteiger partial charge is 0.409 e. The van der Waals surface area contributed by atoms with Gasteiger partial charge in [-0.3, -0.25) is 4.79 Å². The van der Waals surface area contributed by atoms with Gasteiger partial charge in [-0.15, -0.1) is 17.6 Å². The lowest BCUT2D eigenvalue weighted by Gasteiger charge is -2.34. The van der Waals surface area contributed by atoms with Crippen molar-refractivity contribution in [2.45, 2.75) is 64.3 Å². The van der Waals surface area contributed by atoms with E-state index >= 15 is 0 Å². The number of ether oxygens (including phenoxy) is 4. The summed E-state index contributed by atoms with van der Waals surface area (Å²) in [5, 5.41) is 0. The molecule has 0 saturated heterocycles. The fraction of sp³-hybridized carbons (Fsp3) is 0.435. The van der Waals surface area contributed by atoms with Crippen molar-refractivity contribution in [3.8, 4) is 11.5 Å². The monoisotopic (exact) mass is 526 g/mol. The highest BCUT2D eigenvalue weighted by Gasteiger charge is 2.57. The second kappa shape index (κ2) is 8.04. The third-order valence-electron chi connectivity index (χ3n) is 5.59. The van der Waals surface area contributed by atoms with Gasteiger partial charge in [-0.1, -0.05) is 27.7 Å². The van der Waals surface area contributed by atoms with Crippen LogP contribution in [0, 0.1) is 0 Å². The molecule has 196 valence electrons. The fourth-order valence-electron chi connectivity index (χ4n) is 4.41. The zero-order valence-corrected chi connectivity index (χ0v) is 19.0. The SMILES string of the molecule is CC(C)c1c(C(=O)c2ccc3c(c2C(C)C)C(F)(F)OC(F)(F)O3)ccc2c1C(F)(F)OC(F)(F)O2. The Kier molecular flexibility index (Phi) is 5.84. The summed E-state index contributed by atoms with van der Waals surface area (Å²) in [6.07, 6.45) is -18.4. The molecule has 0 bridgehead atoms. The maximum atomic E-state index is 14.7. The van der Waals surface area contributed by atoms with Crippen molar-refractivity contribution in [2.24, 2.45) is 0 Å². The van der Waals surface area contributed by atoms with Gasteiger partial charge in [0.25, 0.3) is 0 Å². The van der Waals surface area contributed by atoms with Gasteiger partial charge in [0, 0.05) is 11.1 Å². The molecule has 0 N–H and O–H groups in total. The van der Waals surface area contributed by atoms with Crippen molar-refractivity contribution >= 4 is 5.78 Å². The van der Waals surface area contributed by atoms with E-state index in [1.807, 2.05) is 0 Å². The van der Waals surface area contributed by atoms with Gasteiger partial charge in [0.1, 0.15) is 11.5 Å². The number of benzene rings is 2. The lowest BCUT2D eigenvalue weighted by atomic mass is 9.83. The molecular weight excluding hydrogens is 508 g/mol. The molecule has 4 rings (SSSR count). The predicted octanol–water partition coefficient (Wildman–Crippen LogP) is 7.18. The van der Waals surface area contributed by atoms with Gasteiger partial charge in [0.05, 0.1) is 11.1 Å². The zero-order valence-electron chi connectivity index (χ0n) is 19.0. The number of alkyl halides is 8. The minimum atomic E-state index is -4.65. The van der Waals surface area contributed by atoms with E-state index in [-0.39, 0.29) is 0 Å². The molecule has 13 heteroatoms. The van der Waals surface area contributed by atoms with Gasteiger partial charge >= 0.3 is 24.8 Å². The van der Waals surface area contributed by atoms with Crippen LogP contribution in [0.2, 0.25) is 0 Å². The topological polar surface area (TPSA) is 54.0 Å². The molecule has 0 fully saturated rings. The molecule has 2 aromatic carbocycles. The van der Waals surface area contributed by atoms with E-state index < -0.39 is 87.3 Å².